The Balaban J connectivity index is 1.98. The van der Waals surface area contributed by atoms with Gasteiger partial charge in [-0.15, -0.1) is 11.3 Å². The van der Waals surface area contributed by atoms with E-state index in [0.29, 0.717) is 5.92 Å². The molecular formula is C14H19N3O3S. The van der Waals surface area contributed by atoms with Gasteiger partial charge in [0, 0.05) is 4.88 Å². The summed E-state index contributed by atoms with van der Waals surface area (Å²) in [4.78, 5) is 37.0. The molecule has 6 nitrogen and oxygen atoms in total. The van der Waals surface area contributed by atoms with Crippen molar-refractivity contribution in [3.8, 4) is 0 Å². The van der Waals surface area contributed by atoms with E-state index in [9.17, 15) is 14.4 Å². The normalized spacial score (nSPS) is 16.2. The van der Waals surface area contributed by atoms with Crippen LogP contribution in [0.25, 0.3) is 0 Å². The minimum Gasteiger partial charge on any atom is -0.347 e. The summed E-state index contributed by atoms with van der Waals surface area (Å²) in [6.45, 7) is 3.91. The van der Waals surface area contributed by atoms with E-state index in [1.807, 2.05) is 17.5 Å². The van der Waals surface area contributed by atoms with Crippen molar-refractivity contribution < 1.29 is 14.4 Å². The maximum absolute atomic E-state index is 12.1. The van der Waals surface area contributed by atoms with Crippen LogP contribution in [0.3, 0.4) is 0 Å². The van der Waals surface area contributed by atoms with Gasteiger partial charge in [-0.2, -0.15) is 0 Å². The number of hydrogen-bond donors (Lipinski definition) is 2. The Kier molecular flexibility index (Phi) is 4.95. The standard InChI is InChI=1S/C14H19N3O3S/c1-9(2)6-10(11-4-3-5-21-11)16-12(18)8-17-13(19)7-15-14(17)20/h3-5,9-10H,6-8H2,1-2H3,(H,15,20)(H,16,18). The summed E-state index contributed by atoms with van der Waals surface area (Å²) in [6.07, 6.45) is 0.812. The van der Waals surface area contributed by atoms with Crippen LogP contribution in [0.1, 0.15) is 31.2 Å². The van der Waals surface area contributed by atoms with E-state index in [2.05, 4.69) is 24.5 Å². The van der Waals surface area contributed by atoms with Crippen molar-refractivity contribution in [3.05, 3.63) is 22.4 Å². The number of carbonyl (C=O) groups excluding carboxylic acids is 3. The van der Waals surface area contributed by atoms with Gasteiger partial charge in [-0.3, -0.25) is 14.5 Å². The molecule has 114 valence electrons. The van der Waals surface area contributed by atoms with Crippen molar-refractivity contribution in [3.63, 3.8) is 0 Å². The lowest BCUT2D eigenvalue weighted by Crippen LogP contribution is -2.42. The summed E-state index contributed by atoms with van der Waals surface area (Å²) in [6, 6.07) is 3.33. The van der Waals surface area contributed by atoms with E-state index in [4.69, 9.17) is 0 Å². The van der Waals surface area contributed by atoms with Gasteiger partial charge in [0.1, 0.15) is 6.54 Å². The molecule has 0 aliphatic carbocycles. The molecule has 1 atom stereocenters. The third kappa shape index (κ3) is 4.04. The molecule has 1 aromatic rings. The fourth-order valence-electron chi connectivity index (χ4n) is 2.21. The second kappa shape index (κ2) is 6.71. The number of thiophene rings is 1. The summed E-state index contributed by atoms with van der Waals surface area (Å²) in [5, 5.41) is 7.28. The molecule has 0 radical (unpaired) electrons. The molecule has 7 heteroatoms. The second-order valence-corrected chi connectivity index (χ2v) is 6.38. The maximum Gasteiger partial charge on any atom is 0.325 e. The van der Waals surface area contributed by atoms with Crippen molar-refractivity contribution in [2.75, 3.05) is 13.1 Å². The number of amides is 4. The minimum atomic E-state index is -0.508. The number of imide groups is 1. The quantitative estimate of drug-likeness (QED) is 0.782. The Bertz CT molecular complexity index is 512. The van der Waals surface area contributed by atoms with Crippen molar-refractivity contribution >= 4 is 29.2 Å². The van der Waals surface area contributed by atoms with Crippen LogP contribution < -0.4 is 10.6 Å². The Morgan fingerprint density at radius 3 is 2.76 bits per heavy atom. The molecular weight excluding hydrogens is 290 g/mol. The molecule has 1 aromatic heterocycles. The summed E-state index contributed by atoms with van der Waals surface area (Å²) in [5.74, 6) is -0.264. The zero-order valence-corrected chi connectivity index (χ0v) is 12.9. The van der Waals surface area contributed by atoms with Crippen LogP contribution in [0.5, 0.6) is 0 Å². The van der Waals surface area contributed by atoms with Crippen LogP contribution >= 0.6 is 11.3 Å². The summed E-state index contributed by atoms with van der Waals surface area (Å²) in [7, 11) is 0. The fraction of sp³-hybridized carbons (Fsp3) is 0.500. The molecule has 1 saturated heterocycles. The predicted octanol–water partition coefficient (Wildman–Crippen LogP) is 1.50. The molecule has 0 saturated carbocycles. The predicted molar refractivity (Wildman–Crippen MR) is 79.8 cm³/mol. The Hall–Kier alpha value is -1.89. The number of urea groups is 1. The highest BCUT2D eigenvalue weighted by Crippen LogP contribution is 2.25. The number of carbonyl (C=O) groups is 3. The first kappa shape index (κ1) is 15.5. The molecule has 1 unspecified atom stereocenters. The van der Waals surface area contributed by atoms with Crippen LogP contribution in [0.4, 0.5) is 4.79 Å². The Labute approximate surface area is 127 Å². The van der Waals surface area contributed by atoms with Crippen molar-refractivity contribution in [1.29, 1.82) is 0 Å². The fourth-order valence-corrected chi connectivity index (χ4v) is 3.00. The molecule has 1 aliphatic heterocycles. The van der Waals surface area contributed by atoms with Crippen molar-refractivity contribution in [2.45, 2.75) is 26.3 Å². The molecule has 0 spiro atoms. The van der Waals surface area contributed by atoms with Gasteiger partial charge in [-0.05, 0) is 23.8 Å². The monoisotopic (exact) mass is 309 g/mol. The van der Waals surface area contributed by atoms with E-state index in [-0.39, 0.29) is 30.9 Å². The first-order valence-corrected chi connectivity index (χ1v) is 7.76. The number of hydrogen-bond acceptors (Lipinski definition) is 4. The van der Waals surface area contributed by atoms with Crippen LogP contribution in [0.2, 0.25) is 0 Å². The third-order valence-electron chi connectivity index (χ3n) is 3.17. The minimum absolute atomic E-state index is 0.0353. The van der Waals surface area contributed by atoms with Crippen LogP contribution in [-0.4, -0.2) is 35.8 Å². The molecule has 2 N–H and O–H groups in total. The number of nitrogens with zero attached hydrogens (tertiary/aromatic N) is 1. The van der Waals surface area contributed by atoms with Crippen LogP contribution in [0.15, 0.2) is 17.5 Å². The van der Waals surface area contributed by atoms with Gasteiger partial charge in [-0.25, -0.2) is 4.79 Å². The first-order chi connectivity index (χ1) is 9.97. The molecule has 2 rings (SSSR count). The van der Waals surface area contributed by atoms with E-state index < -0.39 is 6.03 Å². The average Bonchev–Trinajstić information content (AvgIpc) is 3.03. The topological polar surface area (TPSA) is 78.5 Å². The smallest absolute Gasteiger partial charge is 0.325 e. The van der Waals surface area contributed by atoms with Crippen molar-refractivity contribution in [2.24, 2.45) is 5.92 Å². The summed E-state index contributed by atoms with van der Waals surface area (Å²) >= 11 is 1.58. The molecule has 0 bridgehead atoms. The molecule has 0 aromatic carbocycles. The van der Waals surface area contributed by atoms with Gasteiger partial charge in [0.2, 0.25) is 5.91 Å². The molecule has 1 fully saturated rings. The third-order valence-corrected chi connectivity index (χ3v) is 4.15. The highest BCUT2D eigenvalue weighted by molar-refractivity contribution is 7.10. The lowest BCUT2D eigenvalue weighted by Gasteiger charge is -2.21. The largest absolute Gasteiger partial charge is 0.347 e. The van der Waals surface area contributed by atoms with E-state index in [1.54, 1.807) is 11.3 Å². The van der Waals surface area contributed by atoms with E-state index in [1.165, 1.54) is 0 Å². The Morgan fingerprint density at radius 2 is 2.24 bits per heavy atom. The SMILES string of the molecule is CC(C)CC(NC(=O)CN1C(=O)CNC1=O)c1cccs1. The molecule has 21 heavy (non-hydrogen) atoms. The molecule has 4 amide bonds. The van der Waals surface area contributed by atoms with Gasteiger partial charge in [0.25, 0.3) is 5.91 Å². The van der Waals surface area contributed by atoms with Gasteiger partial charge < -0.3 is 10.6 Å². The lowest BCUT2D eigenvalue weighted by molar-refractivity contribution is -0.131. The second-order valence-electron chi connectivity index (χ2n) is 5.40. The highest BCUT2D eigenvalue weighted by atomic mass is 32.1. The average molecular weight is 309 g/mol. The zero-order chi connectivity index (χ0) is 15.4. The molecule has 2 heterocycles. The van der Waals surface area contributed by atoms with Gasteiger partial charge in [0.15, 0.2) is 0 Å². The number of rotatable bonds is 6. The summed E-state index contributed by atoms with van der Waals surface area (Å²) in [5.41, 5.74) is 0. The maximum atomic E-state index is 12.1. The molecule has 1 aliphatic rings. The highest BCUT2D eigenvalue weighted by Gasteiger charge is 2.30. The van der Waals surface area contributed by atoms with Crippen LogP contribution in [-0.2, 0) is 9.59 Å². The van der Waals surface area contributed by atoms with Gasteiger partial charge in [0.05, 0.1) is 12.6 Å². The van der Waals surface area contributed by atoms with Gasteiger partial charge >= 0.3 is 6.03 Å². The van der Waals surface area contributed by atoms with Crippen LogP contribution in [0, 0.1) is 5.92 Å². The first-order valence-electron chi connectivity index (χ1n) is 6.88. The lowest BCUT2D eigenvalue weighted by atomic mass is 10.0. The Morgan fingerprint density at radius 1 is 1.48 bits per heavy atom. The van der Waals surface area contributed by atoms with E-state index >= 15 is 0 Å². The van der Waals surface area contributed by atoms with Crippen molar-refractivity contribution in [1.82, 2.24) is 15.5 Å². The van der Waals surface area contributed by atoms with E-state index in [0.717, 1.165) is 16.2 Å². The van der Waals surface area contributed by atoms with Gasteiger partial charge in [-0.1, -0.05) is 19.9 Å². The number of nitrogens with one attached hydrogen (secondary N) is 2. The summed E-state index contributed by atoms with van der Waals surface area (Å²) < 4.78 is 0. The zero-order valence-electron chi connectivity index (χ0n) is 12.1.